The number of aryl methyl sites for hydroxylation is 1. The molecule has 0 bridgehead atoms. The van der Waals surface area contributed by atoms with Gasteiger partial charge in [0.25, 0.3) is 0 Å². The minimum Gasteiger partial charge on any atom is -0.386 e. The lowest BCUT2D eigenvalue weighted by Crippen LogP contribution is -2.46. The molecule has 1 aliphatic heterocycles. The summed E-state index contributed by atoms with van der Waals surface area (Å²) in [5, 5.41) is 13.8. The summed E-state index contributed by atoms with van der Waals surface area (Å²) in [7, 11) is 0. The Hall–Kier alpha value is -0.420. The van der Waals surface area contributed by atoms with Gasteiger partial charge in [0.15, 0.2) is 0 Å². The molecule has 1 heterocycles. The van der Waals surface area contributed by atoms with E-state index in [9.17, 15) is 5.11 Å². The van der Waals surface area contributed by atoms with Gasteiger partial charge in [-0.2, -0.15) is 0 Å². The average Bonchev–Trinajstić information content (AvgIpc) is 2.84. The number of benzene rings is 1. The molecule has 0 radical (unpaired) electrons. The first-order chi connectivity index (χ1) is 9.15. The maximum absolute atomic E-state index is 10.3. The lowest BCUT2D eigenvalue weighted by atomic mass is 9.88. The highest BCUT2D eigenvalue weighted by Gasteiger charge is 2.32. The summed E-state index contributed by atoms with van der Waals surface area (Å²) < 4.78 is 6.44. The number of hydrogen-bond acceptors (Lipinski definition) is 3. The number of rotatable bonds is 3. The van der Waals surface area contributed by atoms with E-state index in [0.29, 0.717) is 25.8 Å². The van der Waals surface area contributed by atoms with Gasteiger partial charge < -0.3 is 15.2 Å². The third kappa shape index (κ3) is 3.19. The normalized spacial score (nSPS) is 30.3. The molecule has 104 valence electrons. The van der Waals surface area contributed by atoms with E-state index in [0.717, 1.165) is 30.2 Å². The van der Waals surface area contributed by atoms with Gasteiger partial charge in [0, 0.05) is 30.1 Å². The van der Waals surface area contributed by atoms with E-state index in [4.69, 9.17) is 4.74 Å². The molecule has 3 nitrogen and oxygen atoms in total. The van der Waals surface area contributed by atoms with Gasteiger partial charge in [0.1, 0.15) is 5.60 Å². The number of halogens is 1. The van der Waals surface area contributed by atoms with Crippen LogP contribution in [0.25, 0.3) is 0 Å². The summed E-state index contributed by atoms with van der Waals surface area (Å²) in [5.74, 6) is 0. The Bertz CT molecular complexity index is 457. The van der Waals surface area contributed by atoms with Crippen LogP contribution < -0.4 is 5.32 Å². The van der Waals surface area contributed by atoms with Crippen molar-refractivity contribution in [3.05, 3.63) is 33.8 Å². The second-order valence-corrected chi connectivity index (χ2v) is 6.68. The van der Waals surface area contributed by atoms with E-state index in [1.807, 2.05) is 0 Å². The van der Waals surface area contributed by atoms with Crippen molar-refractivity contribution >= 4 is 15.9 Å². The van der Waals surface area contributed by atoms with Crippen molar-refractivity contribution in [1.29, 1.82) is 0 Å². The molecule has 19 heavy (non-hydrogen) atoms. The SMILES string of the molecule is OC1(CNC2CCc3cc(Br)ccc3C2)CCOC1. The van der Waals surface area contributed by atoms with Gasteiger partial charge in [-0.1, -0.05) is 22.0 Å². The topological polar surface area (TPSA) is 41.5 Å². The summed E-state index contributed by atoms with van der Waals surface area (Å²) in [4.78, 5) is 0. The third-order valence-corrected chi connectivity index (χ3v) is 4.69. The first-order valence-electron chi connectivity index (χ1n) is 6.95. The molecule has 2 aliphatic rings. The number of ether oxygens (including phenoxy) is 1. The predicted molar refractivity (Wildman–Crippen MR) is 78.3 cm³/mol. The molecule has 3 rings (SSSR count). The van der Waals surface area contributed by atoms with Crippen LogP contribution in [0.3, 0.4) is 0 Å². The molecule has 0 amide bonds. The minimum absolute atomic E-state index is 0.469. The lowest BCUT2D eigenvalue weighted by Gasteiger charge is -2.29. The summed E-state index contributed by atoms with van der Waals surface area (Å²) in [6.45, 7) is 1.79. The highest BCUT2D eigenvalue weighted by Crippen LogP contribution is 2.25. The van der Waals surface area contributed by atoms with Crippen LogP contribution in [-0.4, -0.2) is 36.5 Å². The van der Waals surface area contributed by atoms with Crippen LogP contribution in [0.15, 0.2) is 22.7 Å². The van der Waals surface area contributed by atoms with E-state index >= 15 is 0 Å². The molecule has 1 aliphatic carbocycles. The van der Waals surface area contributed by atoms with Crippen LogP contribution in [-0.2, 0) is 17.6 Å². The number of aliphatic hydroxyl groups is 1. The Morgan fingerprint density at radius 1 is 1.42 bits per heavy atom. The fraction of sp³-hybridized carbons (Fsp3) is 0.600. The van der Waals surface area contributed by atoms with Crippen molar-refractivity contribution < 1.29 is 9.84 Å². The Morgan fingerprint density at radius 2 is 2.32 bits per heavy atom. The van der Waals surface area contributed by atoms with Crippen molar-refractivity contribution in [2.45, 2.75) is 37.3 Å². The molecule has 0 saturated carbocycles. The number of nitrogens with one attached hydrogen (secondary N) is 1. The Labute approximate surface area is 122 Å². The molecule has 1 fully saturated rings. The Morgan fingerprint density at radius 3 is 3.11 bits per heavy atom. The van der Waals surface area contributed by atoms with E-state index in [2.05, 4.69) is 39.4 Å². The molecular formula is C15H20BrNO2. The van der Waals surface area contributed by atoms with Crippen molar-refractivity contribution in [3.63, 3.8) is 0 Å². The van der Waals surface area contributed by atoms with E-state index in [1.54, 1.807) is 0 Å². The monoisotopic (exact) mass is 325 g/mol. The molecule has 2 atom stereocenters. The highest BCUT2D eigenvalue weighted by atomic mass is 79.9. The largest absolute Gasteiger partial charge is 0.386 e. The highest BCUT2D eigenvalue weighted by molar-refractivity contribution is 9.10. The van der Waals surface area contributed by atoms with Crippen molar-refractivity contribution in [2.75, 3.05) is 19.8 Å². The molecule has 0 spiro atoms. The van der Waals surface area contributed by atoms with E-state index in [-0.39, 0.29) is 0 Å². The molecule has 2 unspecified atom stereocenters. The number of hydrogen-bond donors (Lipinski definition) is 2. The van der Waals surface area contributed by atoms with E-state index < -0.39 is 5.60 Å². The van der Waals surface area contributed by atoms with Gasteiger partial charge in [-0.05, 0) is 42.5 Å². The van der Waals surface area contributed by atoms with Crippen LogP contribution in [0.5, 0.6) is 0 Å². The first-order valence-corrected chi connectivity index (χ1v) is 7.75. The van der Waals surface area contributed by atoms with Crippen LogP contribution >= 0.6 is 15.9 Å². The van der Waals surface area contributed by atoms with Gasteiger partial charge >= 0.3 is 0 Å². The minimum atomic E-state index is -0.653. The second kappa shape index (κ2) is 5.52. The fourth-order valence-electron chi connectivity index (χ4n) is 2.97. The zero-order valence-electron chi connectivity index (χ0n) is 11.0. The van der Waals surface area contributed by atoms with E-state index in [1.165, 1.54) is 11.1 Å². The maximum Gasteiger partial charge on any atom is 0.102 e. The van der Waals surface area contributed by atoms with Crippen LogP contribution in [0.2, 0.25) is 0 Å². The van der Waals surface area contributed by atoms with Gasteiger partial charge in [-0.3, -0.25) is 0 Å². The first kappa shape index (κ1) is 13.6. The van der Waals surface area contributed by atoms with Gasteiger partial charge in [-0.25, -0.2) is 0 Å². The standard InChI is InChI=1S/C15H20BrNO2/c16-13-3-1-12-8-14(4-2-11(12)7-13)17-9-15(18)5-6-19-10-15/h1,3,7,14,17-18H,2,4-6,8-10H2. The van der Waals surface area contributed by atoms with Crippen molar-refractivity contribution in [3.8, 4) is 0 Å². The zero-order valence-corrected chi connectivity index (χ0v) is 12.6. The van der Waals surface area contributed by atoms with Crippen LogP contribution in [0, 0.1) is 0 Å². The molecule has 4 heteroatoms. The summed E-state index contributed by atoms with van der Waals surface area (Å²) in [5.41, 5.74) is 2.23. The van der Waals surface area contributed by atoms with Crippen LogP contribution in [0.1, 0.15) is 24.0 Å². The van der Waals surface area contributed by atoms with Gasteiger partial charge in [0.05, 0.1) is 6.61 Å². The second-order valence-electron chi connectivity index (χ2n) is 5.76. The molecule has 0 aromatic heterocycles. The zero-order chi connectivity index (χ0) is 13.3. The molecule has 1 aromatic rings. The Balaban J connectivity index is 1.58. The van der Waals surface area contributed by atoms with Crippen LogP contribution in [0.4, 0.5) is 0 Å². The van der Waals surface area contributed by atoms with Gasteiger partial charge in [-0.15, -0.1) is 0 Å². The summed E-state index contributed by atoms with van der Waals surface area (Å²) in [6, 6.07) is 7.02. The smallest absolute Gasteiger partial charge is 0.102 e. The average molecular weight is 326 g/mol. The quantitative estimate of drug-likeness (QED) is 0.893. The molecule has 1 saturated heterocycles. The third-order valence-electron chi connectivity index (χ3n) is 4.20. The van der Waals surface area contributed by atoms with Gasteiger partial charge in [0.2, 0.25) is 0 Å². The molecule has 1 aromatic carbocycles. The predicted octanol–water partition coefficient (Wildman–Crippen LogP) is 2.05. The fourth-order valence-corrected chi connectivity index (χ4v) is 3.38. The summed E-state index contributed by atoms with van der Waals surface area (Å²) in [6.07, 6.45) is 4.05. The van der Waals surface area contributed by atoms with Crippen molar-refractivity contribution in [1.82, 2.24) is 5.32 Å². The maximum atomic E-state index is 10.3. The summed E-state index contributed by atoms with van der Waals surface area (Å²) >= 11 is 3.53. The molecular weight excluding hydrogens is 306 g/mol. The molecule has 2 N–H and O–H groups in total. The van der Waals surface area contributed by atoms with Crippen molar-refractivity contribution in [2.24, 2.45) is 0 Å². The number of fused-ring (bicyclic) bond motifs is 1. The Kier molecular flexibility index (Phi) is 3.94. The lowest BCUT2D eigenvalue weighted by molar-refractivity contribution is 0.0244.